The fourth-order valence-electron chi connectivity index (χ4n) is 4.78. The topological polar surface area (TPSA) is 43.3 Å². The maximum absolute atomic E-state index is 6.64. The Bertz CT molecular complexity index is 901. The molecule has 146 valence electrons. The van der Waals surface area contributed by atoms with Gasteiger partial charge in [-0.05, 0) is 60.9 Å². The predicted molar refractivity (Wildman–Crippen MR) is 108 cm³/mol. The minimum Gasteiger partial charge on any atom is -0.497 e. The molecule has 0 N–H and O–H groups in total. The van der Waals surface area contributed by atoms with Crippen molar-refractivity contribution in [2.45, 2.75) is 50.3 Å². The zero-order valence-electron chi connectivity index (χ0n) is 16.5. The molecule has 1 spiro atoms. The van der Waals surface area contributed by atoms with Crippen molar-refractivity contribution in [2.24, 2.45) is 5.10 Å². The fourth-order valence-corrected chi connectivity index (χ4v) is 4.78. The molecular weight excluding hydrogens is 352 g/mol. The molecule has 2 heterocycles. The molecule has 0 radical (unpaired) electrons. The van der Waals surface area contributed by atoms with Crippen molar-refractivity contribution in [3.05, 3.63) is 53.6 Å². The van der Waals surface area contributed by atoms with Crippen LogP contribution in [-0.2, 0) is 0 Å². The lowest BCUT2D eigenvalue weighted by Crippen LogP contribution is -2.54. The molecule has 1 aliphatic carbocycles. The lowest BCUT2D eigenvalue weighted by atomic mass is 9.86. The van der Waals surface area contributed by atoms with Crippen LogP contribution in [0.3, 0.4) is 0 Å². The fraction of sp³-hybridized carbons (Fsp3) is 0.435. The van der Waals surface area contributed by atoms with Crippen molar-refractivity contribution in [1.29, 1.82) is 0 Å². The van der Waals surface area contributed by atoms with E-state index in [4.69, 9.17) is 19.3 Å². The number of rotatable bonds is 3. The first-order valence-electron chi connectivity index (χ1n) is 10.1. The molecule has 0 saturated heterocycles. The summed E-state index contributed by atoms with van der Waals surface area (Å²) in [6.07, 6.45) is 6.55. The molecule has 0 unspecified atom stereocenters. The highest BCUT2D eigenvalue weighted by Gasteiger charge is 2.50. The Morgan fingerprint density at radius 2 is 1.68 bits per heavy atom. The molecule has 2 aliphatic heterocycles. The van der Waals surface area contributed by atoms with Gasteiger partial charge in [-0.15, -0.1) is 0 Å². The van der Waals surface area contributed by atoms with E-state index in [1.165, 1.54) is 24.8 Å². The largest absolute Gasteiger partial charge is 0.497 e. The zero-order chi connectivity index (χ0) is 19.1. The molecule has 5 rings (SSSR count). The Morgan fingerprint density at radius 3 is 2.39 bits per heavy atom. The Labute approximate surface area is 165 Å². The number of fused-ring (bicyclic) bond motifs is 4. The second-order valence-corrected chi connectivity index (χ2v) is 7.85. The Kier molecular flexibility index (Phi) is 4.18. The summed E-state index contributed by atoms with van der Waals surface area (Å²) in [6, 6.07) is 14.5. The third kappa shape index (κ3) is 2.72. The number of hydrazone groups is 1. The quantitative estimate of drug-likeness (QED) is 0.761. The van der Waals surface area contributed by atoms with Gasteiger partial charge in [0, 0.05) is 24.8 Å². The van der Waals surface area contributed by atoms with Gasteiger partial charge in [-0.25, -0.2) is 5.01 Å². The van der Waals surface area contributed by atoms with E-state index in [9.17, 15) is 0 Å². The minimum absolute atomic E-state index is 0.189. The SMILES string of the molecule is COc1ccc(C2=NN3[C@H](C2)c2cc(OC)ccc2OC32CCCCC2)cc1. The van der Waals surface area contributed by atoms with Crippen molar-refractivity contribution < 1.29 is 14.2 Å². The van der Waals surface area contributed by atoms with E-state index in [2.05, 4.69) is 29.3 Å². The van der Waals surface area contributed by atoms with Gasteiger partial charge < -0.3 is 14.2 Å². The van der Waals surface area contributed by atoms with Gasteiger partial charge in [0.1, 0.15) is 17.2 Å². The van der Waals surface area contributed by atoms with Crippen LogP contribution in [0.15, 0.2) is 47.6 Å². The van der Waals surface area contributed by atoms with E-state index in [0.717, 1.165) is 47.8 Å². The predicted octanol–water partition coefficient (Wildman–Crippen LogP) is 4.91. The van der Waals surface area contributed by atoms with Crippen LogP contribution >= 0.6 is 0 Å². The van der Waals surface area contributed by atoms with Gasteiger partial charge in [0.25, 0.3) is 0 Å². The summed E-state index contributed by atoms with van der Waals surface area (Å²) >= 11 is 0. The highest BCUT2D eigenvalue weighted by atomic mass is 16.5. The summed E-state index contributed by atoms with van der Waals surface area (Å²) in [5.74, 6) is 2.71. The summed E-state index contributed by atoms with van der Waals surface area (Å²) in [5.41, 5.74) is 3.10. The van der Waals surface area contributed by atoms with E-state index >= 15 is 0 Å². The highest BCUT2D eigenvalue weighted by Crippen LogP contribution is 2.51. The number of nitrogens with zero attached hydrogens (tertiary/aromatic N) is 2. The minimum atomic E-state index is -0.321. The molecule has 28 heavy (non-hydrogen) atoms. The second kappa shape index (κ2) is 6.73. The smallest absolute Gasteiger partial charge is 0.198 e. The molecule has 0 bridgehead atoms. The summed E-state index contributed by atoms with van der Waals surface area (Å²) in [6.45, 7) is 0. The van der Waals surface area contributed by atoms with Crippen LogP contribution in [0.1, 0.15) is 55.7 Å². The molecule has 1 atom stereocenters. The first kappa shape index (κ1) is 17.4. The van der Waals surface area contributed by atoms with Crippen molar-refractivity contribution in [2.75, 3.05) is 14.2 Å². The van der Waals surface area contributed by atoms with Gasteiger partial charge in [0.05, 0.1) is 26.0 Å². The number of benzene rings is 2. The molecule has 5 nitrogen and oxygen atoms in total. The molecule has 1 fully saturated rings. The number of hydrogen-bond donors (Lipinski definition) is 0. The Morgan fingerprint density at radius 1 is 0.964 bits per heavy atom. The van der Waals surface area contributed by atoms with Crippen LogP contribution in [0.25, 0.3) is 0 Å². The Balaban J connectivity index is 1.56. The molecule has 0 aromatic heterocycles. The summed E-state index contributed by atoms with van der Waals surface area (Å²) in [4.78, 5) is 0. The number of methoxy groups -OCH3 is 2. The summed E-state index contributed by atoms with van der Waals surface area (Å²) in [7, 11) is 3.40. The standard InChI is InChI=1S/C23H26N2O3/c1-26-17-8-6-16(7-9-17)20-15-21-19-14-18(27-2)10-11-22(19)28-23(25(21)24-20)12-4-3-5-13-23/h6-11,14,21H,3-5,12-13,15H2,1-2H3/t21-/m1/s1. The zero-order valence-corrected chi connectivity index (χ0v) is 16.5. The third-order valence-electron chi connectivity index (χ3n) is 6.26. The average molecular weight is 378 g/mol. The van der Waals surface area contributed by atoms with Gasteiger partial charge in [0.15, 0.2) is 5.72 Å². The second-order valence-electron chi connectivity index (χ2n) is 7.85. The lowest BCUT2D eigenvalue weighted by Gasteiger charge is -2.49. The first-order chi connectivity index (χ1) is 13.7. The highest BCUT2D eigenvalue weighted by molar-refractivity contribution is 6.02. The van der Waals surface area contributed by atoms with Gasteiger partial charge in [0.2, 0.25) is 0 Å². The molecule has 5 heteroatoms. The number of ether oxygens (including phenoxy) is 3. The molecule has 1 saturated carbocycles. The summed E-state index contributed by atoms with van der Waals surface area (Å²) < 4.78 is 17.4. The van der Waals surface area contributed by atoms with Crippen LogP contribution in [0, 0.1) is 0 Å². The maximum atomic E-state index is 6.64. The van der Waals surface area contributed by atoms with E-state index in [1.807, 2.05) is 18.2 Å². The Hall–Kier alpha value is -2.69. The van der Waals surface area contributed by atoms with Crippen LogP contribution in [-0.4, -0.2) is 30.7 Å². The monoisotopic (exact) mass is 378 g/mol. The van der Waals surface area contributed by atoms with Crippen molar-refractivity contribution >= 4 is 5.71 Å². The molecule has 2 aromatic carbocycles. The average Bonchev–Trinajstić information content (AvgIpc) is 3.21. The molecule has 2 aromatic rings. The van der Waals surface area contributed by atoms with Crippen LogP contribution < -0.4 is 14.2 Å². The van der Waals surface area contributed by atoms with E-state index < -0.39 is 0 Å². The van der Waals surface area contributed by atoms with E-state index in [0.29, 0.717) is 0 Å². The van der Waals surface area contributed by atoms with E-state index in [1.54, 1.807) is 14.2 Å². The van der Waals surface area contributed by atoms with Gasteiger partial charge in [-0.2, -0.15) is 5.10 Å². The van der Waals surface area contributed by atoms with Gasteiger partial charge >= 0.3 is 0 Å². The van der Waals surface area contributed by atoms with Crippen molar-refractivity contribution in [1.82, 2.24) is 5.01 Å². The first-order valence-corrected chi connectivity index (χ1v) is 10.1. The third-order valence-corrected chi connectivity index (χ3v) is 6.26. The molecule has 3 aliphatic rings. The van der Waals surface area contributed by atoms with Crippen LogP contribution in [0.5, 0.6) is 17.2 Å². The van der Waals surface area contributed by atoms with E-state index in [-0.39, 0.29) is 11.8 Å². The molecular formula is C23H26N2O3. The van der Waals surface area contributed by atoms with Crippen molar-refractivity contribution in [3.8, 4) is 17.2 Å². The number of hydrogen-bond acceptors (Lipinski definition) is 5. The summed E-state index contributed by atoms with van der Waals surface area (Å²) in [5, 5.41) is 7.37. The van der Waals surface area contributed by atoms with Gasteiger partial charge in [-0.3, -0.25) is 0 Å². The normalized spacial score (nSPS) is 22.1. The lowest BCUT2D eigenvalue weighted by molar-refractivity contribution is -0.140. The van der Waals surface area contributed by atoms with Crippen LogP contribution in [0.4, 0.5) is 0 Å². The van der Waals surface area contributed by atoms with Crippen molar-refractivity contribution in [3.63, 3.8) is 0 Å². The van der Waals surface area contributed by atoms with Gasteiger partial charge in [-0.1, -0.05) is 6.42 Å². The maximum Gasteiger partial charge on any atom is 0.198 e. The van der Waals surface area contributed by atoms with Crippen LogP contribution in [0.2, 0.25) is 0 Å². The molecule has 0 amide bonds.